The van der Waals surface area contributed by atoms with Crippen LogP contribution in [0.5, 0.6) is 5.75 Å². The van der Waals surface area contributed by atoms with Gasteiger partial charge in [0.2, 0.25) is 0 Å². The number of anilines is 1. The van der Waals surface area contributed by atoms with Gasteiger partial charge in [-0.2, -0.15) is 0 Å². The maximum atomic E-state index is 12.9. The Morgan fingerprint density at radius 2 is 1.82 bits per heavy atom. The monoisotopic (exact) mass is 466 g/mol. The molecule has 0 aromatic heterocycles. The Morgan fingerprint density at radius 3 is 2.50 bits per heavy atom. The van der Waals surface area contributed by atoms with Crippen molar-refractivity contribution in [3.05, 3.63) is 59.2 Å². The molecule has 0 unspecified atom stereocenters. The van der Waals surface area contributed by atoms with Crippen molar-refractivity contribution in [2.45, 2.75) is 58.9 Å². The largest absolute Gasteiger partial charge is 0.493 e. The Labute approximate surface area is 203 Å². The van der Waals surface area contributed by atoms with Crippen LogP contribution in [-0.2, 0) is 0 Å². The lowest BCUT2D eigenvalue weighted by Gasteiger charge is -2.33. The Bertz CT molecular complexity index is 967. The lowest BCUT2D eigenvalue weighted by molar-refractivity contribution is 0.0692. The number of aromatic carboxylic acids is 1. The number of carboxylic acid groups (broad SMARTS) is 1. The van der Waals surface area contributed by atoms with E-state index in [1.807, 2.05) is 0 Å². The van der Waals surface area contributed by atoms with Gasteiger partial charge in [0.05, 0.1) is 6.61 Å². The van der Waals surface area contributed by atoms with E-state index in [4.69, 9.17) is 4.74 Å². The van der Waals surface area contributed by atoms with Gasteiger partial charge in [-0.3, -0.25) is 4.79 Å². The quantitative estimate of drug-likeness (QED) is 0.389. The van der Waals surface area contributed by atoms with Crippen LogP contribution in [-0.4, -0.2) is 43.1 Å². The zero-order valence-electron chi connectivity index (χ0n) is 20.7. The molecule has 0 spiro atoms. The van der Waals surface area contributed by atoms with Crippen molar-refractivity contribution < 1.29 is 19.4 Å². The Hall–Kier alpha value is -2.86. The third kappa shape index (κ3) is 6.83. The van der Waals surface area contributed by atoms with Gasteiger partial charge < -0.3 is 20.1 Å². The van der Waals surface area contributed by atoms with Crippen molar-refractivity contribution in [2.75, 3.05) is 31.1 Å². The van der Waals surface area contributed by atoms with Crippen LogP contribution >= 0.6 is 0 Å². The van der Waals surface area contributed by atoms with E-state index in [-0.39, 0.29) is 23.1 Å². The van der Waals surface area contributed by atoms with Crippen molar-refractivity contribution in [1.82, 2.24) is 5.32 Å². The number of carboxylic acids is 1. The number of hydrogen-bond acceptors (Lipinski definition) is 5. The second-order valence-corrected chi connectivity index (χ2v) is 9.37. The number of ketones is 1. The van der Waals surface area contributed by atoms with Crippen LogP contribution in [0, 0.1) is 5.92 Å². The first-order chi connectivity index (χ1) is 16.4. The maximum absolute atomic E-state index is 12.9. The van der Waals surface area contributed by atoms with E-state index < -0.39 is 5.97 Å². The van der Waals surface area contributed by atoms with Crippen LogP contribution in [0.25, 0.3) is 0 Å². The van der Waals surface area contributed by atoms with E-state index in [0.717, 1.165) is 19.5 Å². The number of Topliss-reactive ketones (excluding diaryl/α,β-unsaturated/α-hetero) is 1. The van der Waals surface area contributed by atoms with Gasteiger partial charge in [0.15, 0.2) is 5.78 Å². The molecule has 2 aromatic rings. The number of carbonyl (C=O) groups is 2. The summed E-state index contributed by atoms with van der Waals surface area (Å²) < 4.78 is 5.45. The molecule has 34 heavy (non-hydrogen) atoms. The molecule has 1 aliphatic rings. The fourth-order valence-corrected chi connectivity index (χ4v) is 4.65. The SMILES string of the molecule is CCOc1cc(C(=O)CCN[C@@H](CC(C)C)c2ccccc2N2CCCCC2)ccc1C(=O)O. The summed E-state index contributed by atoms with van der Waals surface area (Å²) in [4.78, 5) is 26.8. The average Bonchev–Trinajstić information content (AvgIpc) is 2.83. The highest BCUT2D eigenvalue weighted by atomic mass is 16.5. The highest BCUT2D eigenvalue weighted by Crippen LogP contribution is 2.32. The smallest absolute Gasteiger partial charge is 0.339 e. The molecule has 1 atom stereocenters. The zero-order valence-corrected chi connectivity index (χ0v) is 20.7. The van der Waals surface area contributed by atoms with Gasteiger partial charge >= 0.3 is 5.97 Å². The summed E-state index contributed by atoms with van der Waals surface area (Å²) in [6.45, 7) is 9.32. The Balaban J connectivity index is 1.70. The van der Waals surface area contributed by atoms with Crippen molar-refractivity contribution in [3.8, 4) is 5.75 Å². The molecule has 0 amide bonds. The highest BCUT2D eigenvalue weighted by Gasteiger charge is 2.21. The van der Waals surface area contributed by atoms with Gasteiger partial charge in [0.25, 0.3) is 0 Å². The van der Waals surface area contributed by atoms with E-state index in [2.05, 4.69) is 48.3 Å². The van der Waals surface area contributed by atoms with Gasteiger partial charge in [-0.05, 0) is 62.3 Å². The van der Waals surface area contributed by atoms with Crippen LogP contribution < -0.4 is 15.0 Å². The second kappa shape index (κ2) is 12.6. The molecular formula is C28H38N2O4. The van der Waals surface area contributed by atoms with Crippen molar-refractivity contribution >= 4 is 17.4 Å². The third-order valence-electron chi connectivity index (χ3n) is 6.29. The molecule has 6 heteroatoms. The summed E-state index contributed by atoms with van der Waals surface area (Å²) in [7, 11) is 0. The van der Waals surface area contributed by atoms with Gasteiger partial charge in [-0.15, -0.1) is 0 Å². The van der Waals surface area contributed by atoms with E-state index >= 15 is 0 Å². The number of nitrogens with one attached hydrogen (secondary N) is 1. The number of rotatable bonds is 12. The minimum absolute atomic E-state index is 0.0296. The fraction of sp³-hybridized carbons (Fsp3) is 0.500. The molecule has 1 aliphatic heterocycles. The van der Waals surface area contributed by atoms with E-state index in [9.17, 15) is 14.7 Å². The molecular weight excluding hydrogens is 428 g/mol. The molecule has 2 N–H and O–H groups in total. The summed E-state index contributed by atoms with van der Waals surface area (Å²) in [5.74, 6) is -0.340. The van der Waals surface area contributed by atoms with Gasteiger partial charge in [0.1, 0.15) is 11.3 Å². The Kier molecular flexibility index (Phi) is 9.52. The molecule has 0 bridgehead atoms. The molecule has 0 radical (unpaired) electrons. The molecule has 6 nitrogen and oxygen atoms in total. The number of nitrogens with zero attached hydrogens (tertiary/aromatic N) is 1. The van der Waals surface area contributed by atoms with Crippen molar-refractivity contribution in [1.29, 1.82) is 0 Å². The standard InChI is InChI=1S/C28H38N2O4/c1-4-34-27-19-21(12-13-23(27)28(32)33)26(31)14-15-29-24(18-20(2)3)22-10-6-7-11-25(22)30-16-8-5-9-17-30/h6-7,10-13,19-20,24,29H,4-5,8-9,14-18H2,1-3H3,(H,32,33)/t24-/m0/s1. The van der Waals surface area contributed by atoms with E-state index in [1.165, 1.54) is 36.6 Å². The minimum atomic E-state index is -1.06. The normalized spacial score (nSPS) is 14.8. The first kappa shape index (κ1) is 25.8. The molecule has 0 aliphatic carbocycles. The number of benzene rings is 2. The lowest BCUT2D eigenvalue weighted by atomic mass is 9.94. The topological polar surface area (TPSA) is 78.9 Å². The molecule has 2 aromatic carbocycles. The van der Waals surface area contributed by atoms with Crippen LogP contribution in [0.15, 0.2) is 42.5 Å². The minimum Gasteiger partial charge on any atom is -0.493 e. The van der Waals surface area contributed by atoms with Crippen LogP contribution in [0.4, 0.5) is 5.69 Å². The van der Waals surface area contributed by atoms with Crippen molar-refractivity contribution in [2.24, 2.45) is 5.92 Å². The molecule has 3 rings (SSSR count). The van der Waals surface area contributed by atoms with Gasteiger partial charge in [-0.25, -0.2) is 4.79 Å². The fourth-order valence-electron chi connectivity index (χ4n) is 4.65. The maximum Gasteiger partial charge on any atom is 0.339 e. The summed E-state index contributed by atoms with van der Waals surface area (Å²) >= 11 is 0. The molecule has 1 saturated heterocycles. The highest BCUT2D eigenvalue weighted by molar-refractivity contribution is 5.99. The van der Waals surface area contributed by atoms with Crippen LogP contribution in [0.3, 0.4) is 0 Å². The van der Waals surface area contributed by atoms with Gasteiger partial charge in [-0.1, -0.05) is 38.1 Å². The summed E-state index contributed by atoms with van der Waals surface area (Å²) in [5.41, 5.74) is 3.15. The number of hydrogen-bond donors (Lipinski definition) is 2. The molecule has 1 fully saturated rings. The number of para-hydroxylation sites is 1. The predicted molar refractivity (Wildman–Crippen MR) is 136 cm³/mol. The first-order valence-corrected chi connectivity index (χ1v) is 12.5. The number of carbonyl (C=O) groups excluding carboxylic acids is 1. The number of ether oxygens (including phenoxy) is 1. The van der Waals surface area contributed by atoms with Crippen molar-refractivity contribution in [3.63, 3.8) is 0 Å². The molecule has 0 saturated carbocycles. The second-order valence-electron chi connectivity index (χ2n) is 9.37. The predicted octanol–water partition coefficient (Wildman–Crippen LogP) is 5.72. The summed E-state index contributed by atoms with van der Waals surface area (Å²) in [5, 5.41) is 13.0. The van der Waals surface area contributed by atoms with E-state index in [1.54, 1.807) is 19.1 Å². The molecule has 184 valence electrons. The Morgan fingerprint density at radius 1 is 1.09 bits per heavy atom. The van der Waals surface area contributed by atoms with Crippen LogP contribution in [0.1, 0.15) is 85.2 Å². The summed E-state index contributed by atoms with van der Waals surface area (Å²) in [6, 6.07) is 13.4. The third-order valence-corrected chi connectivity index (χ3v) is 6.29. The lowest BCUT2D eigenvalue weighted by Crippen LogP contribution is -2.32. The van der Waals surface area contributed by atoms with E-state index in [0.29, 0.717) is 31.1 Å². The number of piperidine rings is 1. The van der Waals surface area contributed by atoms with Crippen LogP contribution in [0.2, 0.25) is 0 Å². The van der Waals surface area contributed by atoms with Gasteiger partial charge in [0, 0.05) is 43.3 Å². The zero-order chi connectivity index (χ0) is 24.5. The average molecular weight is 467 g/mol. The molecule has 1 heterocycles. The first-order valence-electron chi connectivity index (χ1n) is 12.5. The summed E-state index contributed by atoms with van der Waals surface area (Å²) in [6.07, 6.45) is 5.08.